The Balaban J connectivity index is 1.78. The maximum absolute atomic E-state index is 13.5. The van der Waals surface area contributed by atoms with Gasteiger partial charge in [-0.2, -0.15) is 4.52 Å². The van der Waals surface area contributed by atoms with Gasteiger partial charge in [0.2, 0.25) is 0 Å². The highest BCUT2D eigenvalue weighted by molar-refractivity contribution is 6.31. The van der Waals surface area contributed by atoms with Gasteiger partial charge in [0.1, 0.15) is 11.6 Å². The predicted molar refractivity (Wildman–Crippen MR) is 104 cm³/mol. The van der Waals surface area contributed by atoms with Crippen molar-refractivity contribution in [1.29, 1.82) is 0 Å². The quantitative estimate of drug-likeness (QED) is 0.555. The Morgan fingerprint density at radius 2 is 1.78 bits per heavy atom. The SMILES string of the molecule is Cc1ccc(C(Nc2ccc3nnc(C)n3n2)c2ccc(F)cc2Cl)cc1. The first-order valence-corrected chi connectivity index (χ1v) is 8.86. The molecule has 0 aliphatic heterocycles. The molecule has 0 saturated heterocycles. The number of fused-ring (bicyclic) bond motifs is 1. The molecule has 4 aromatic rings. The van der Waals surface area contributed by atoms with Crippen LogP contribution in [0.25, 0.3) is 5.65 Å². The molecule has 0 saturated carbocycles. The number of rotatable bonds is 4. The van der Waals surface area contributed by atoms with Gasteiger partial charge in [0.25, 0.3) is 0 Å². The van der Waals surface area contributed by atoms with Gasteiger partial charge in [0, 0.05) is 5.02 Å². The van der Waals surface area contributed by atoms with Crippen LogP contribution in [0.15, 0.2) is 54.6 Å². The first-order chi connectivity index (χ1) is 13.0. The fourth-order valence-electron chi connectivity index (χ4n) is 2.96. The molecule has 27 heavy (non-hydrogen) atoms. The lowest BCUT2D eigenvalue weighted by Gasteiger charge is -2.22. The van der Waals surface area contributed by atoms with Gasteiger partial charge in [0.05, 0.1) is 6.04 Å². The molecule has 0 aliphatic carbocycles. The van der Waals surface area contributed by atoms with E-state index in [-0.39, 0.29) is 11.9 Å². The smallest absolute Gasteiger partial charge is 0.178 e. The number of nitrogens with one attached hydrogen (secondary N) is 1. The van der Waals surface area contributed by atoms with Crippen LogP contribution in [0.3, 0.4) is 0 Å². The van der Waals surface area contributed by atoms with Crippen molar-refractivity contribution in [2.24, 2.45) is 0 Å². The first-order valence-electron chi connectivity index (χ1n) is 8.48. The van der Waals surface area contributed by atoms with Crippen molar-refractivity contribution in [2.45, 2.75) is 19.9 Å². The van der Waals surface area contributed by atoms with Crippen molar-refractivity contribution in [2.75, 3.05) is 5.32 Å². The molecule has 4 rings (SSSR count). The number of nitrogens with zero attached hydrogens (tertiary/aromatic N) is 4. The van der Waals surface area contributed by atoms with Crippen LogP contribution in [0, 0.1) is 19.7 Å². The normalized spacial score (nSPS) is 12.3. The van der Waals surface area contributed by atoms with Gasteiger partial charge < -0.3 is 5.32 Å². The summed E-state index contributed by atoms with van der Waals surface area (Å²) in [5.74, 6) is 0.961. The molecule has 1 N–H and O–H groups in total. The van der Waals surface area contributed by atoms with Crippen molar-refractivity contribution < 1.29 is 4.39 Å². The number of halogens is 2. The van der Waals surface area contributed by atoms with E-state index >= 15 is 0 Å². The van der Waals surface area contributed by atoms with E-state index in [2.05, 4.69) is 20.6 Å². The lowest BCUT2D eigenvalue weighted by atomic mass is 9.97. The second-order valence-corrected chi connectivity index (χ2v) is 6.80. The third-order valence-electron chi connectivity index (χ3n) is 4.40. The van der Waals surface area contributed by atoms with Gasteiger partial charge in [-0.1, -0.05) is 47.5 Å². The number of hydrogen-bond donors (Lipinski definition) is 1. The summed E-state index contributed by atoms with van der Waals surface area (Å²) >= 11 is 6.35. The fourth-order valence-corrected chi connectivity index (χ4v) is 3.23. The maximum Gasteiger partial charge on any atom is 0.178 e. The largest absolute Gasteiger partial charge is 0.358 e. The topological polar surface area (TPSA) is 55.1 Å². The molecule has 0 bridgehead atoms. The molecule has 2 aromatic carbocycles. The van der Waals surface area contributed by atoms with E-state index in [0.29, 0.717) is 22.3 Å². The fraction of sp³-hybridized carbons (Fsp3) is 0.150. The minimum absolute atomic E-state index is 0.291. The van der Waals surface area contributed by atoms with E-state index in [1.165, 1.54) is 12.1 Å². The van der Waals surface area contributed by atoms with E-state index in [9.17, 15) is 4.39 Å². The van der Waals surface area contributed by atoms with Crippen molar-refractivity contribution in [3.8, 4) is 0 Å². The van der Waals surface area contributed by atoms with E-state index in [1.807, 2.05) is 50.2 Å². The number of anilines is 1. The molecule has 5 nitrogen and oxygen atoms in total. The Labute approximate surface area is 160 Å². The van der Waals surface area contributed by atoms with Crippen molar-refractivity contribution in [3.63, 3.8) is 0 Å². The summed E-state index contributed by atoms with van der Waals surface area (Å²) in [4.78, 5) is 0. The van der Waals surface area contributed by atoms with Gasteiger partial charge >= 0.3 is 0 Å². The molecular weight excluding hydrogens is 365 g/mol. The zero-order valence-corrected chi connectivity index (χ0v) is 15.6. The van der Waals surface area contributed by atoms with Gasteiger partial charge in [-0.15, -0.1) is 15.3 Å². The lowest BCUT2D eigenvalue weighted by molar-refractivity contribution is 0.626. The summed E-state index contributed by atoms with van der Waals surface area (Å²) in [6, 6.07) is 15.9. The van der Waals surface area contributed by atoms with E-state index in [1.54, 1.807) is 10.6 Å². The first kappa shape index (κ1) is 17.4. The zero-order valence-electron chi connectivity index (χ0n) is 14.8. The van der Waals surface area contributed by atoms with Gasteiger partial charge in [-0.05, 0) is 49.2 Å². The minimum Gasteiger partial charge on any atom is -0.358 e. The highest BCUT2D eigenvalue weighted by atomic mass is 35.5. The Kier molecular flexibility index (Phi) is 4.49. The van der Waals surface area contributed by atoms with E-state index in [4.69, 9.17) is 11.6 Å². The zero-order chi connectivity index (χ0) is 19.0. The number of benzene rings is 2. The van der Waals surface area contributed by atoms with Crippen LogP contribution in [0.4, 0.5) is 10.2 Å². The third-order valence-corrected chi connectivity index (χ3v) is 4.72. The molecule has 7 heteroatoms. The molecule has 136 valence electrons. The lowest BCUT2D eigenvalue weighted by Crippen LogP contribution is -2.15. The average Bonchev–Trinajstić information content (AvgIpc) is 3.02. The standard InChI is InChI=1S/C20H17ClFN5/c1-12-3-5-14(6-4-12)20(16-8-7-15(22)11-17(16)21)23-18-9-10-19-25-24-13(2)27(19)26-18/h3-11,20H,1-2H3,(H,23,26). The molecule has 0 fully saturated rings. The third kappa shape index (κ3) is 3.48. The Morgan fingerprint density at radius 3 is 2.52 bits per heavy atom. The van der Waals surface area contributed by atoms with Gasteiger partial charge in [-0.3, -0.25) is 0 Å². The maximum atomic E-state index is 13.5. The second kappa shape index (κ2) is 6.96. The van der Waals surface area contributed by atoms with E-state index < -0.39 is 0 Å². The number of aromatic nitrogens is 4. The van der Waals surface area contributed by atoms with Crippen molar-refractivity contribution >= 4 is 23.1 Å². The van der Waals surface area contributed by atoms with E-state index in [0.717, 1.165) is 16.7 Å². The Morgan fingerprint density at radius 1 is 1.00 bits per heavy atom. The summed E-state index contributed by atoms with van der Waals surface area (Å²) in [6.07, 6.45) is 0. The molecule has 2 heterocycles. The monoisotopic (exact) mass is 381 g/mol. The number of aryl methyl sites for hydroxylation is 2. The second-order valence-electron chi connectivity index (χ2n) is 6.39. The minimum atomic E-state index is -0.369. The molecule has 0 radical (unpaired) electrons. The Hall–Kier alpha value is -2.99. The Bertz CT molecular complexity index is 1110. The van der Waals surface area contributed by atoms with Crippen LogP contribution in [0.2, 0.25) is 5.02 Å². The van der Waals surface area contributed by atoms with Crippen molar-refractivity contribution in [1.82, 2.24) is 19.8 Å². The van der Waals surface area contributed by atoms with Gasteiger partial charge in [-0.25, -0.2) is 4.39 Å². The average molecular weight is 382 g/mol. The number of hydrogen-bond acceptors (Lipinski definition) is 4. The summed E-state index contributed by atoms with van der Waals surface area (Å²) in [7, 11) is 0. The summed E-state index contributed by atoms with van der Waals surface area (Å²) in [6.45, 7) is 3.87. The molecule has 1 unspecified atom stereocenters. The van der Waals surface area contributed by atoms with Gasteiger partial charge in [0.15, 0.2) is 11.5 Å². The predicted octanol–water partition coefficient (Wildman–Crippen LogP) is 4.74. The highest BCUT2D eigenvalue weighted by Crippen LogP contribution is 2.32. The molecule has 2 aromatic heterocycles. The molecule has 0 aliphatic rings. The van der Waals surface area contributed by atoms with Crippen molar-refractivity contribution in [3.05, 3.63) is 88.0 Å². The van der Waals surface area contributed by atoms with Crippen LogP contribution in [0.5, 0.6) is 0 Å². The molecular formula is C20H17ClFN5. The van der Waals surface area contributed by atoms with Crippen LogP contribution < -0.4 is 5.32 Å². The summed E-state index contributed by atoms with van der Waals surface area (Å²) < 4.78 is 15.2. The molecule has 0 spiro atoms. The van der Waals surface area contributed by atoms with Crippen LogP contribution in [-0.4, -0.2) is 19.8 Å². The summed E-state index contributed by atoms with van der Waals surface area (Å²) in [5, 5.41) is 16.4. The van der Waals surface area contributed by atoms with Crippen LogP contribution in [-0.2, 0) is 0 Å². The molecule has 1 atom stereocenters. The van der Waals surface area contributed by atoms with Crippen LogP contribution in [0.1, 0.15) is 28.6 Å². The molecule has 0 amide bonds. The van der Waals surface area contributed by atoms with Crippen LogP contribution >= 0.6 is 11.6 Å². The highest BCUT2D eigenvalue weighted by Gasteiger charge is 2.19. The summed E-state index contributed by atoms with van der Waals surface area (Å²) in [5.41, 5.74) is 3.59.